The van der Waals surface area contributed by atoms with Gasteiger partial charge in [-0.25, -0.2) is 4.39 Å². The van der Waals surface area contributed by atoms with Crippen LogP contribution in [0.25, 0.3) is 0 Å². The molecular formula is C14H16FNO. The molecule has 0 aliphatic rings. The van der Waals surface area contributed by atoms with Gasteiger partial charge in [-0.1, -0.05) is 19.1 Å². The van der Waals surface area contributed by atoms with Gasteiger partial charge in [0.25, 0.3) is 0 Å². The van der Waals surface area contributed by atoms with Crippen LogP contribution < -0.4 is 5.32 Å². The molecule has 0 aliphatic carbocycles. The summed E-state index contributed by atoms with van der Waals surface area (Å²) in [4.78, 5) is 0. The van der Waals surface area contributed by atoms with Crippen molar-refractivity contribution in [3.63, 3.8) is 0 Å². The normalized spacial score (nSPS) is 12.6. The molecular weight excluding hydrogens is 217 g/mol. The van der Waals surface area contributed by atoms with Gasteiger partial charge in [0.15, 0.2) is 0 Å². The third-order valence-corrected chi connectivity index (χ3v) is 2.76. The molecule has 2 rings (SSSR count). The van der Waals surface area contributed by atoms with E-state index in [0.29, 0.717) is 6.54 Å². The Bertz CT molecular complexity index is 453. The maximum absolute atomic E-state index is 13.1. The second kappa shape index (κ2) is 5.64. The van der Waals surface area contributed by atoms with Crippen LogP contribution in [0.4, 0.5) is 4.39 Å². The maximum atomic E-state index is 13.1. The van der Waals surface area contributed by atoms with Crippen molar-refractivity contribution in [1.82, 2.24) is 5.32 Å². The summed E-state index contributed by atoms with van der Waals surface area (Å²) in [5, 5.41) is 3.35. The first-order valence-electron chi connectivity index (χ1n) is 5.81. The maximum Gasteiger partial charge on any atom is 0.123 e. The van der Waals surface area contributed by atoms with E-state index in [4.69, 9.17) is 4.42 Å². The van der Waals surface area contributed by atoms with Gasteiger partial charge in [-0.15, -0.1) is 0 Å². The smallest absolute Gasteiger partial charge is 0.123 e. The monoisotopic (exact) mass is 233 g/mol. The number of hydrogen-bond acceptors (Lipinski definition) is 2. The summed E-state index contributed by atoms with van der Waals surface area (Å²) in [5.41, 5.74) is 0.971. The third-order valence-electron chi connectivity index (χ3n) is 2.76. The molecule has 0 saturated carbocycles. The van der Waals surface area contributed by atoms with Crippen LogP contribution in [0.1, 0.15) is 30.7 Å². The number of nitrogens with one attached hydrogen (secondary N) is 1. The van der Waals surface area contributed by atoms with Gasteiger partial charge in [-0.2, -0.15) is 0 Å². The molecule has 1 atom stereocenters. The van der Waals surface area contributed by atoms with Crippen LogP contribution in [0, 0.1) is 5.82 Å². The van der Waals surface area contributed by atoms with Crippen LogP contribution in [0.2, 0.25) is 0 Å². The van der Waals surface area contributed by atoms with Gasteiger partial charge >= 0.3 is 0 Å². The lowest BCUT2D eigenvalue weighted by Gasteiger charge is -2.16. The van der Waals surface area contributed by atoms with Crippen LogP contribution in [0.3, 0.4) is 0 Å². The van der Waals surface area contributed by atoms with Gasteiger partial charge < -0.3 is 9.73 Å². The molecule has 0 amide bonds. The first-order chi connectivity index (χ1) is 8.29. The molecule has 1 aromatic heterocycles. The second-order valence-electron chi connectivity index (χ2n) is 3.98. The minimum absolute atomic E-state index is 0.149. The van der Waals surface area contributed by atoms with Gasteiger partial charge in [0, 0.05) is 6.04 Å². The van der Waals surface area contributed by atoms with E-state index in [2.05, 4.69) is 12.2 Å². The van der Waals surface area contributed by atoms with E-state index in [1.807, 2.05) is 18.2 Å². The Kier molecular flexibility index (Phi) is 3.94. The summed E-state index contributed by atoms with van der Waals surface area (Å²) in [7, 11) is 0. The van der Waals surface area contributed by atoms with Crippen LogP contribution >= 0.6 is 0 Å². The minimum atomic E-state index is -0.194. The molecule has 0 aliphatic heterocycles. The Balaban J connectivity index is 2.01. The van der Waals surface area contributed by atoms with Gasteiger partial charge in [-0.05, 0) is 36.2 Å². The van der Waals surface area contributed by atoms with Crippen molar-refractivity contribution in [1.29, 1.82) is 0 Å². The molecule has 17 heavy (non-hydrogen) atoms. The van der Waals surface area contributed by atoms with Gasteiger partial charge in [0.2, 0.25) is 0 Å². The molecule has 90 valence electrons. The average molecular weight is 233 g/mol. The Labute approximate surface area is 100 Å². The van der Waals surface area contributed by atoms with Crippen molar-refractivity contribution in [3.8, 4) is 0 Å². The van der Waals surface area contributed by atoms with Crippen molar-refractivity contribution in [3.05, 3.63) is 59.8 Å². The van der Waals surface area contributed by atoms with E-state index in [9.17, 15) is 4.39 Å². The van der Waals surface area contributed by atoms with E-state index in [-0.39, 0.29) is 11.9 Å². The number of furan rings is 1. The molecule has 0 spiro atoms. The third kappa shape index (κ3) is 3.17. The Morgan fingerprint density at radius 2 is 2.18 bits per heavy atom. The zero-order valence-electron chi connectivity index (χ0n) is 9.82. The topological polar surface area (TPSA) is 25.2 Å². The van der Waals surface area contributed by atoms with Crippen molar-refractivity contribution >= 4 is 0 Å². The van der Waals surface area contributed by atoms with E-state index in [0.717, 1.165) is 17.7 Å². The summed E-state index contributed by atoms with van der Waals surface area (Å²) in [6, 6.07) is 10.6. The van der Waals surface area contributed by atoms with Crippen LogP contribution in [-0.4, -0.2) is 0 Å². The molecule has 0 bridgehead atoms. The molecule has 1 aromatic carbocycles. The molecule has 2 aromatic rings. The number of benzene rings is 1. The molecule has 1 heterocycles. The van der Waals surface area contributed by atoms with Crippen molar-refractivity contribution in [2.45, 2.75) is 25.9 Å². The fraction of sp³-hybridized carbons (Fsp3) is 0.286. The largest absolute Gasteiger partial charge is 0.468 e. The number of halogens is 1. The summed E-state index contributed by atoms with van der Waals surface area (Å²) in [6.45, 7) is 2.73. The van der Waals surface area contributed by atoms with Gasteiger partial charge in [-0.3, -0.25) is 0 Å². The zero-order chi connectivity index (χ0) is 12.1. The number of rotatable bonds is 5. The highest BCUT2D eigenvalue weighted by Gasteiger charge is 2.09. The Morgan fingerprint density at radius 3 is 2.82 bits per heavy atom. The minimum Gasteiger partial charge on any atom is -0.468 e. The van der Waals surface area contributed by atoms with Gasteiger partial charge in [0.1, 0.15) is 11.6 Å². The van der Waals surface area contributed by atoms with Gasteiger partial charge in [0.05, 0.1) is 12.8 Å². The Morgan fingerprint density at radius 1 is 1.29 bits per heavy atom. The summed E-state index contributed by atoms with van der Waals surface area (Å²) >= 11 is 0. The Hall–Kier alpha value is -1.61. The van der Waals surface area contributed by atoms with Crippen LogP contribution in [0.15, 0.2) is 47.1 Å². The fourth-order valence-electron chi connectivity index (χ4n) is 1.86. The lowest BCUT2D eigenvalue weighted by atomic mass is 10.0. The lowest BCUT2D eigenvalue weighted by Crippen LogP contribution is -2.20. The molecule has 0 saturated heterocycles. The number of hydrogen-bond donors (Lipinski definition) is 1. The molecule has 1 N–H and O–H groups in total. The molecule has 0 fully saturated rings. The second-order valence-corrected chi connectivity index (χ2v) is 3.98. The predicted molar refractivity (Wildman–Crippen MR) is 65.0 cm³/mol. The SMILES string of the molecule is CCC(NCc1ccco1)c1cccc(F)c1. The summed E-state index contributed by atoms with van der Waals surface area (Å²) < 4.78 is 18.4. The quantitative estimate of drug-likeness (QED) is 0.852. The fourth-order valence-corrected chi connectivity index (χ4v) is 1.86. The van der Waals surface area contributed by atoms with Crippen LogP contribution in [-0.2, 0) is 6.54 Å². The van der Waals surface area contributed by atoms with E-state index < -0.39 is 0 Å². The summed E-state index contributed by atoms with van der Waals surface area (Å²) in [6.07, 6.45) is 2.56. The average Bonchev–Trinajstić information content (AvgIpc) is 2.83. The van der Waals surface area contributed by atoms with E-state index >= 15 is 0 Å². The first kappa shape index (κ1) is 11.9. The molecule has 3 heteroatoms. The highest BCUT2D eigenvalue weighted by molar-refractivity contribution is 5.20. The molecule has 0 radical (unpaired) electrons. The van der Waals surface area contributed by atoms with E-state index in [1.165, 1.54) is 6.07 Å². The summed E-state index contributed by atoms with van der Waals surface area (Å²) in [5.74, 6) is 0.695. The van der Waals surface area contributed by atoms with Crippen molar-refractivity contribution < 1.29 is 8.81 Å². The van der Waals surface area contributed by atoms with Crippen LogP contribution in [0.5, 0.6) is 0 Å². The van der Waals surface area contributed by atoms with Crippen molar-refractivity contribution in [2.75, 3.05) is 0 Å². The molecule has 2 nitrogen and oxygen atoms in total. The standard InChI is InChI=1S/C14H16FNO/c1-2-14(11-5-3-6-12(15)9-11)16-10-13-7-4-8-17-13/h3-9,14,16H,2,10H2,1H3. The highest BCUT2D eigenvalue weighted by atomic mass is 19.1. The zero-order valence-corrected chi connectivity index (χ0v) is 9.82. The van der Waals surface area contributed by atoms with E-state index in [1.54, 1.807) is 18.4 Å². The van der Waals surface area contributed by atoms with Crippen molar-refractivity contribution in [2.24, 2.45) is 0 Å². The highest BCUT2D eigenvalue weighted by Crippen LogP contribution is 2.18. The lowest BCUT2D eigenvalue weighted by molar-refractivity contribution is 0.442. The molecule has 1 unspecified atom stereocenters. The predicted octanol–water partition coefficient (Wildman–Crippen LogP) is 3.66. The first-order valence-corrected chi connectivity index (χ1v) is 5.81.